The van der Waals surface area contributed by atoms with Crippen molar-refractivity contribution in [2.24, 2.45) is 5.92 Å². The summed E-state index contributed by atoms with van der Waals surface area (Å²) in [6.07, 6.45) is 1.60. The van der Waals surface area contributed by atoms with E-state index in [1.54, 1.807) is 25.3 Å². The van der Waals surface area contributed by atoms with Crippen molar-refractivity contribution in [2.45, 2.75) is 26.7 Å². The Labute approximate surface area is 127 Å². The van der Waals surface area contributed by atoms with Crippen molar-refractivity contribution in [1.82, 2.24) is 4.90 Å². The third-order valence-corrected chi connectivity index (χ3v) is 3.34. The summed E-state index contributed by atoms with van der Waals surface area (Å²) in [5.41, 5.74) is 7.02. The maximum absolute atomic E-state index is 11.9. The van der Waals surface area contributed by atoms with Gasteiger partial charge >= 0.3 is 0 Å². The Balaban J connectivity index is 2.40. The number of methoxy groups -OCH3 is 1. The summed E-state index contributed by atoms with van der Waals surface area (Å²) in [5, 5.41) is 2.84. The van der Waals surface area contributed by atoms with Gasteiger partial charge in [-0.15, -0.1) is 0 Å². The van der Waals surface area contributed by atoms with Crippen LogP contribution < -0.4 is 15.8 Å². The highest BCUT2D eigenvalue weighted by Crippen LogP contribution is 2.24. The lowest BCUT2D eigenvalue weighted by Gasteiger charge is -2.17. The van der Waals surface area contributed by atoms with Gasteiger partial charge in [-0.2, -0.15) is 0 Å². The van der Waals surface area contributed by atoms with Crippen molar-refractivity contribution >= 4 is 17.3 Å². The fourth-order valence-corrected chi connectivity index (χ4v) is 1.88. The molecule has 0 radical (unpaired) electrons. The fraction of sp³-hybridized carbons (Fsp3) is 0.562. The Bertz CT molecular complexity index is 461. The molecule has 5 heteroatoms. The molecule has 5 nitrogen and oxygen atoms in total. The second-order valence-corrected chi connectivity index (χ2v) is 5.74. The Hall–Kier alpha value is -1.75. The summed E-state index contributed by atoms with van der Waals surface area (Å²) >= 11 is 0. The van der Waals surface area contributed by atoms with Gasteiger partial charge in [0.15, 0.2) is 0 Å². The SMILES string of the molecule is COc1ccc(NC(=O)CCN(C)CCC(C)C)c(N)c1. The highest BCUT2D eigenvalue weighted by Gasteiger charge is 2.08. The molecule has 1 amide bonds. The van der Waals surface area contributed by atoms with Crippen LogP contribution in [0.5, 0.6) is 5.75 Å². The van der Waals surface area contributed by atoms with Gasteiger partial charge < -0.3 is 20.7 Å². The minimum Gasteiger partial charge on any atom is -0.497 e. The number of hydrogen-bond acceptors (Lipinski definition) is 4. The molecule has 0 atom stereocenters. The summed E-state index contributed by atoms with van der Waals surface area (Å²) in [5.74, 6) is 1.34. The summed E-state index contributed by atoms with van der Waals surface area (Å²) in [6.45, 7) is 6.16. The third-order valence-electron chi connectivity index (χ3n) is 3.34. The molecule has 1 aromatic carbocycles. The predicted octanol–water partition coefficient (Wildman–Crippen LogP) is 2.58. The van der Waals surface area contributed by atoms with E-state index in [2.05, 4.69) is 24.1 Å². The van der Waals surface area contributed by atoms with E-state index in [9.17, 15) is 4.79 Å². The van der Waals surface area contributed by atoms with Gasteiger partial charge in [0.2, 0.25) is 5.91 Å². The predicted molar refractivity (Wildman–Crippen MR) is 87.6 cm³/mol. The van der Waals surface area contributed by atoms with E-state index in [-0.39, 0.29) is 5.91 Å². The number of benzene rings is 1. The van der Waals surface area contributed by atoms with Gasteiger partial charge in [0.05, 0.1) is 18.5 Å². The topological polar surface area (TPSA) is 67.6 Å². The molecule has 0 aliphatic rings. The lowest BCUT2D eigenvalue weighted by atomic mass is 10.1. The van der Waals surface area contributed by atoms with Crippen molar-refractivity contribution in [3.63, 3.8) is 0 Å². The standard InChI is InChI=1S/C16H27N3O2/c1-12(2)7-9-19(3)10-8-16(20)18-15-6-5-13(21-4)11-14(15)17/h5-6,11-12H,7-10,17H2,1-4H3,(H,18,20). The van der Waals surface area contributed by atoms with E-state index in [4.69, 9.17) is 10.5 Å². The highest BCUT2D eigenvalue weighted by atomic mass is 16.5. The van der Waals surface area contributed by atoms with Crippen LogP contribution in [-0.2, 0) is 4.79 Å². The lowest BCUT2D eigenvalue weighted by Crippen LogP contribution is -2.26. The number of carbonyl (C=O) groups excluding carboxylic acids is 1. The van der Waals surface area contributed by atoms with Gasteiger partial charge in [-0.1, -0.05) is 13.8 Å². The maximum atomic E-state index is 11.9. The van der Waals surface area contributed by atoms with Crippen LogP contribution in [0.25, 0.3) is 0 Å². The van der Waals surface area contributed by atoms with Gasteiger partial charge in [0.25, 0.3) is 0 Å². The van der Waals surface area contributed by atoms with Crippen molar-refractivity contribution in [3.05, 3.63) is 18.2 Å². The van der Waals surface area contributed by atoms with Crippen molar-refractivity contribution in [3.8, 4) is 5.75 Å². The zero-order valence-electron chi connectivity index (χ0n) is 13.5. The van der Waals surface area contributed by atoms with Gasteiger partial charge in [0, 0.05) is 19.0 Å². The number of nitrogens with one attached hydrogen (secondary N) is 1. The van der Waals surface area contributed by atoms with Crippen molar-refractivity contribution in [1.29, 1.82) is 0 Å². The highest BCUT2D eigenvalue weighted by molar-refractivity contribution is 5.94. The number of hydrogen-bond donors (Lipinski definition) is 2. The van der Waals surface area contributed by atoms with Crippen molar-refractivity contribution < 1.29 is 9.53 Å². The molecule has 0 spiro atoms. The van der Waals surface area contributed by atoms with Crippen LogP contribution in [-0.4, -0.2) is 38.1 Å². The number of nitrogens with two attached hydrogens (primary N) is 1. The van der Waals surface area contributed by atoms with Crippen molar-refractivity contribution in [2.75, 3.05) is 38.3 Å². The van der Waals surface area contributed by atoms with Crippen LogP contribution in [0.1, 0.15) is 26.7 Å². The number of rotatable bonds is 8. The quantitative estimate of drug-likeness (QED) is 0.723. The fourth-order valence-electron chi connectivity index (χ4n) is 1.88. The summed E-state index contributed by atoms with van der Waals surface area (Å²) in [6, 6.07) is 5.24. The maximum Gasteiger partial charge on any atom is 0.225 e. The van der Waals surface area contributed by atoms with Crippen LogP contribution in [0.15, 0.2) is 18.2 Å². The summed E-state index contributed by atoms with van der Waals surface area (Å²) in [4.78, 5) is 14.1. The first-order valence-corrected chi connectivity index (χ1v) is 7.34. The molecule has 0 saturated carbocycles. The number of ether oxygens (including phenoxy) is 1. The smallest absolute Gasteiger partial charge is 0.225 e. The molecule has 1 aromatic rings. The van der Waals surface area contributed by atoms with E-state index in [1.807, 2.05) is 7.05 Å². The van der Waals surface area contributed by atoms with E-state index in [0.29, 0.717) is 29.5 Å². The lowest BCUT2D eigenvalue weighted by molar-refractivity contribution is -0.116. The zero-order chi connectivity index (χ0) is 15.8. The largest absolute Gasteiger partial charge is 0.497 e. The number of amides is 1. The first kappa shape index (κ1) is 17.3. The van der Waals surface area contributed by atoms with E-state index in [0.717, 1.165) is 19.5 Å². The van der Waals surface area contributed by atoms with Crippen LogP contribution in [0.3, 0.4) is 0 Å². The Morgan fingerprint density at radius 2 is 2.10 bits per heavy atom. The van der Waals surface area contributed by atoms with Gasteiger partial charge in [0.1, 0.15) is 5.75 Å². The average Bonchev–Trinajstić information content (AvgIpc) is 2.45. The molecular formula is C16H27N3O2. The molecule has 118 valence electrons. The molecule has 0 unspecified atom stereocenters. The normalized spacial score (nSPS) is 11.0. The molecule has 21 heavy (non-hydrogen) atoms. The number of nitrogens with zero attached hydrogens (tertiary/aromatic N) is 1. The Morgan fingerprint density at radius 1 is 1.38 bits per heavy atom. The second kappa shape index (κ2) is 8.52. The first-order chi connectivity index (χ1) is 9.92. The summed E-state index contributed by atoms with van der Waals surface area (Å²) < 4.78 is 5.08. The van der Waals surface area contributed by atoms with Crippen LogP contribution >= 0.6 is 0 Å². The molecule has 0 aromatic heterocycles. The molecule has 0 saturated heterocycles. The van der Waals surface area contributed by atoms with E-state index in [1.165, 1.54) is 0 Å². The van der Waals surface area contributed by atoms with Gasteiger partial charge in [-0.25, -0.2) is 0 Å². The zero-order valence-corrected chi connectivity index (χ0v) is 13.5. The number of carbonyl (C=O) groups is 1. The number of nitrogen functional groups attached to an aromatic ring is 1. The van der Waals surface area contributed by atoms with Gasteiger partial charge in [-0.05, 0) is 38.1 Å². The second-order valence-electron chi connectivity index (χ2n) is 5.74. The monoisotopic (exact) mass is 293 g/mol. The molecule has 1 rings (SSSR count). The number of anilines is 2. The van der Waals surface area contributed by atoms with E-state index >= 15 is 0 Å². The molecule has 0 heterocycles. The minimum absolute atomic E-state index is 0.0248. The molecule has 0 fully saturated rings. The molecule has 0 aliphatic carbocycles. The summed E-state index contributed by atoms with van der Waals surface area (Å²) in [7, 11) is 3.62. The molecular weight excluding hydrogens is 266 g/mol. The molecule has 0 aliphatic heterocycles. The van der Waals surface area contributed by atoms with Crippen LogP contribution in [0.2, 0.25) is 0 Å². The molecule has 3 N–H and O–H groups in total. The minimum atomic E-state index is -0.0248. The van der Waals surface area contributed by atoms with Crippen LogP contribution in [0, 0.1) is 5.92 Å². The average molecular weight is 293 g/mol. The third kappa shape index (κ3) is 6.49. The molecule has 0 bridgehead atoms. The van der Waals surface area contributed by atoms with Crippen LogP contribution in [0.4, 0.5) is 11.4 Å². The Kier molecular flexibility index (Phi) is 7.02. The van der Waals surface area contributed by atoms with E-state index < -0.39 is 0 Å². The first-order valence-electron chi connectivity index (χ1n) is 7.34. The Morgan fingerprint density at radius 3 is 2.67 bits per heavy atom. The van der Waals surface area contributed by atoms with Gasteiger partial charge in [-0.3, -0.25) is 4.79 Å².